The van der Waals surface area contributed by atoms with E-state index in [4.69, 9.17) is 0 Å². The van der Waals surface area contributed by atoms with Crippen LogP contribution in [0, 0.1) is 6.92 Å². The number of aromatic nitrogens is 2. The van der Waals surface area contributed by atoms with Crippen LogP contribution in [0.25, 0.3) is 16.9 Å². The molecule has 0 atom stereocenters. The van der Waals surface area contributed by atoms with E-state index in [1.165, 1.54) is 0 Å². The van der Waals surface area contributed by atoms with E-state index in [0.29, 0.717) is 11.3 Å². The number of halogens is 1. The molecule has 0 bridgehead atoms. The molecule has 0 aliphatic rings. The Balaban J connectivity index is 2.17. The summed E-state index contributed by atoms with van der Waals surface area (Å²) in [6.07, 6.45) is 2.62. The van der Waals surface area contributed by atoms with E-state index in [1.54, 1.807) is 22.2 Å². The summed E-state index contributed by atoms with van der Waals surface area (Å²) < 4.78 is 2.72. The van der Waals surface area contributed by atoms with Crippen molar-refractivity contribution in [2.75, 3.05) is 0 Å². The van der Waals surface area contributed by atoms with Crippen molar-refractivity contribution < 1.29 is 4.79 Å². The summed E-state index contributed by atoms with van der Waals surface area (Å²) >= 11 is 5.07. The molecule has 3 aromatic rings. The molecule has 0 spiro atoms. The monoisotopic (exact) mass is 346 g/mol. The summed E-state index contributed by atoms with van der Waals surface area (Å²) in [5, 5.41) is 8.55. The van der Waals surface area contributed by atoms with Crippen LogP contribution >= 0.6 is 27.3 Å². The van der Waals surface area contributed by atoms with Crippen molar-refractivity contribution in [2.24, 2.45) is 0 Å². The van der Waals surface area contributed by atoms with Gasteiger partial charge in [-0.1, -0.05) is 18.2 Å². The van der Waals surface area contributed by atoms with Gasteiger partial charge in [-0.3, -0.25) is 4.79 Å². The minimum atomic E-state index is 0.590. The highest BCUT2D eigenvalue weighted by molar-refractivity contribution is 9.10. The van der Waals surface area contributed by atoms with Gasteiger partial charge in [-0.25, -0.2) is 4.68 Å². The van der Waals surface area contributed by atoms with Gasteiger partial charge < -0.3 is 0 Å². The number of hydrogen-bond donors (Lipinski definition) is 0. The van der Waals surface area contributed by atoms with Gasteiger partial charge in [0, 0.05) is 27.0 Å². The molecule has 2 aromatic heterocycles. The van der Waals surface area contributed by atoms with Crippen LogP contribution in [-0.2, 0) is 0 Å². The number of benzene rings is 1. The Morgan fingerprint density at radius 2 is 2.10 bits per heavy atom. The molecule has 0 unspecified atom stereocenters. The first-order chi connectivity index (χ1) is 9.70. The fourth-order valence-electron chi connectivity index (χ4n) is 2.08. The van der Waals surface area contributed by atoms with E-state index in [0.717, 1.165) is 27.6 Å². The second-order valence-electron chi connectivity index (χ2n) is 4.42. The summed E-state index contributed by atoms with van der Waals surface area (Å²) in [7, 11) is 0. The van der Waals surface area contributed by atoms with Crippen molar-refractivity contribution in [3.05, 3.63) is 56.8 Å². The van der Waals surface area contributed by atoms with Crippen molar-refractivity contribution in [1.29, 1.82) is 0 Å². The van der Waals surface area contributed by atoms with Gasteiger partial charge in [-0.05, 0) is 34.5 Å². The minimum Gasteiger partial charge on any atom is -0.298 e. The van der Waals surface area contributed by atoms with Gasteiger partial charge in [0.2, 0.25) is 0 Å². The molecule has 100 valence electrons. The molecule has 0 N–H and O–H groups in total. The van der Waals surface area contributed by atoms with Crippen LogP contribution in [0.4, 0.5) is 0 Å². The third kappa shape index (κ3) is 2.23. The SMILES string of the molecule is Cc1ccccc1-n1cc(C=O)c(-c2cscc2Br)n1. The summed E-state index contributed by atoms with van der Waals surface area (Å²) in [6.45, 7) is 2.03. The molecule has 1 aromatic carbocycles. The number of aldehydes is 1. The Kier molecular flexibility index (Phi) is 3.54. The molecule has 0 saturated carbocycles. The zero-order valence-electron chi connectivity index (χ0n) is 10.7. The lowest BCUT2D eigenvalue weighted by molar-refractivity contribution is 0.112. The Bertz CT molecular complexity index is 776. The highest BCUT2D eigenvalue weighted by atomic mass is 79.9. The molecule has 3 rings (SSSR count). The lowest BCUT2D eigenvalue weighted by Crippen LogP contribution is -1.97. The number of thiophene rings is 1. The topological polar surface area (TPSA) is 34.9 Å². The summed E-state index contributed by atoms with van der Waals surface area (Å²) in [5.41, 5.74) is 4.34. The summed E-state index contributed by atoms with van der Waals surface area (Å²) in [5.74, 6) is 0. The van der Waals surface area contributed by atoms with E-state index in [-0.39, 0.29) is 0 Å². The standard InChI is InChI=1S/C15H11BrN2OS/c1-10-4-2-3-5-14(10)18-6-11(7-19)15(17-18)12-8-20-9-13(12)16/h2-9H,1H3. The quantitative estimate of drug-likeness (QED) is 0.655. The average molecular weight is 347 g/mol. The molecule has 0 fully saturated rings. The van der Waals surface area contributed by atoms with E-state index in [9.17, 15) is 4.79 Å². The van der Waals surface area contributed by atoms with Crippen molar-refractivity contribution in [2.45, 2.75) is 6.92 Å². The Morgan fingerprint density at radius 1 is 1.30 bits per heavy atom. The van der Waals surface area contributed by atoms with E-state index >= 15 is 0 Å². The second-order valence-corrected chi connectivity index (χ2v) is 6.01. The second kappa shape index (κ2) is 5.34. The normalized spacial score (nSPS) is 10.7. The molecule has 0 aliphatic carbocycles. The predicted octanol–water partition coefficient (Wildman–Crippen LogP) is 4.48. The van der Waals surface area contributed by atoms with Crippen LogP contribution in [0.2, 0.25) is 0 Å². The summed E-state index contributed by atoms with van der Waals surface area (Å²) in [6, 6.07) is 7.96. The van der Waals surface area contributed by atoms with Crippen LogP contribution in [0.5, 0.6) is 0 Å². The van der Waals surface area contributed by atoms with Gasteiger partial charge in [-0.2, -0.15) is 16.4 Å². The minimum absolute atomic E-state index is 0.590. The molecule has 0 aliphatic heterocycles. The van der Waals surface area contributed by atoms with Gasteiger partial charge in [0.1, 0.15) is 5.69 Å². The molecular weight excluding hydrogens is 336 g/mol. The van der Waals surface area contributed by atoms with Crippen molar-refractivity contribution >= 4 is 33.6 Å². The molecule has 20 heavy (non-hydrogen) atoms. The first-order valence-electron chi connectivity index (χ1n) is 6.03. The van der Waals surface area contributed by atoms with E-state index < -0.39 is 0 Å². The Morgan fingerprint density at radius 3 is 2.75 bits per heavy atom. The Labute approximate surface area is 129 Å². The van der Waals surface area contributed by atoms with Crippen molar-refractivity contribution in [1.82, 2.24) is 9.78 Å². The molecule has 2 heterocycles. The fraction of sp³-hybridized carbons (Fsp3) is 0.0667. The van der Waals surface area contributed by atoms with Crippen molar-refractivity contribution in [3.8, 4) is 16.9 Å². The number of aryl methyl sites for hydroxylation is 1. The third-order valence-corrected chi connectivity index (χ3v) is 4.80. The van der Waals surface area contributed by atoms with Crippen LogP contribution in [0.3, 0.4) is 0 Å². The number of rotatable bonds is 3. The molecule has 0 saturated heterocycles. The molecule has 3 nitrogen and oxygen atoms in total. The number of carbonyl (C=O) groups excluding carboxylic acids is 1. The third-order valence-electron chi connectivity index (χ3n) is 3.10. The highest BCUT2D eigenvalue weighted by Crippen LogP contribution is 2.32. The first-order valence-corrected chi connectivity index (χ1v) is 7.77. The van der Waals surface area contributed by atoms with Crippen LogP contribution in [-0.4, -0.2) is 16.1 Å². The lowest BCUT2D eigenvalue weighted by atomic mass is 10.2. The van der Waals surface area contributed by atoms with E-state index in [1.807, 2.05) is 41.9 Å². The van der Waals surface area contributed by atoms with E-state index in [2.05, 4.69) is 21.0 Å². The zero-order chi connectivity index (χ0) is 14.1. The molecule has 0 amide bonds. The maximum atomic E-state index is 11.3. The number of carbonyl (C=O) groups is 1. The number of para-hydroxylation sites is 1. The maximum Gasteiger partial charge on any atom is 0.153 e. The summed E-state index contributed by atoms with van der Waals surface area (Å²) in [4.78, 5) is 11.3. The van der Waals surface area contributed by atoms with Gasteiger partial charge in [0.15, 0.2) is 6.29 Å². The van der Waals surface area contributed by atoms with Crippen LogP contribution in [0.1, 0.15) is 15.9 Å². The van der Waals surface area contributed by atoms with Gasteiger partial charge in [0.05, 0.1) is 11.3 Å². The Hall–Kier alpha value is -1.72. The van der Waals surface area contributed by atoms with Crippen LogP contribution < -0.4 is 0 Å². The van der Waals surface area contributed by atoms with Gasteiger partial charge >= 0.3 is 0 Å². The number of hydrogen-bond acceptors (Lipinski definition) is 3. The molecule has 5 heteroatoms. The molecule has 0 radical (unpaired) electrons. The zero-order valence-corrected chi connectivity index (χ0v) is 13.1. The first kappa shape index (κ1) is 13.3. The fourth-order valence-corrected chi connectivity index (χ4v) is 3.54. The van der Waals surface area contributed by atoms with Gasteiger partial charge in [0.25, 0.3) is 0 Å². The highest BCUT2D eigenvalue weighted by Gasteiger charge is 2.15. The predicted molar refractivity (Wildman–Crippen MR) is 84.7 cm³/mol. The smallest absolute Gasteiger partial charge is 0.153 e. The average Bonchev–Trinajstić information content (AvgIpc) is 3.04. The van der Waals surface area contributed by atoms with Crippen molar-refractivity contribution in [3.63, 3.8) is 0 Å². The lowest BCUT2D eigenvalue weighted by Gasteiger charge is -2.04. The van der Waals surface area contributed by atoms with Crippen LogP contribution in [0.15, 0.2) is 45.7 Å². The molecular formula is C15H11BrN2OS. The largest absolute Gasteiger partial charge is 0.298 e. The number of nitrogens with zero attached hydrogens (tertiary/aromatic N) is 2. The maximum absolute atomic E-state index is 11.3. The van der Waals surface area contributed by atoms with Gasteiger partial charge in [-0.15, -0.1) is 0 Å².